The van der Waals surface area contributed by atoms with Crippen LogP contribution in [0.2, 0.25) is 0 Å². The van der Waals surface area contributed by atoms with E-state index in [0.29, 0.717) is 0 Å². The minimum atomic E-state index is -1.92. The molecule has 0 radical (unpaired) electrons. The maximum Gasteiger partial charge on any atom is 0.106 e. The van der Waals surface area contributed by atoms with Crippen LogP contribution >= 0.6 is 0 Å². The van der Waals surface area contributed by atoms with Gasteiger partial charge in [0.15, 0.2) is 0 Å². The van der Waals surface area contributed by atoms with Gasteiger partial charge in [-0.2, -0.15) is 0 Å². The molecule has 0 saturated carbocycles. The lowest BCUT2D eigenvalue weighted by Gasteiger charge is -1.94. The Balaban J connectivity index is 2.83. The van der Waals surface area contributed by atoms with Crippen molar-refractivity contribution in [2.75, 3.05) is 6.56 Å². The number of rotatable bonds is 0. The molecule has 0 aromatic heterocycles. The second kappa shape index (κ2) is 1.65. The van der Waals surface area contributed by atoms with Gasteiger partial charge in [-0.25, -0.2) is 0 Å². The predicted molar refractivity (Wildman–Crippen MR) is 24.2 cm³/mol. The minimum absolute atomic E-state index is 0.148. The SMILES string of the molecule is [2H]C1=CC=COC1([2H])[2H]. The molecule has 0 amide bonds. The maximum atomic E-state index is 6.98. The van der Waals surface area contributed by atoms with Gasteiger partial charge in [0.1, 0.15) is 6.56 Å². The molecule has 1 aliphatic rings. The summed E-state index contributed by atoms with van der Waals surface area (Å²) in [5.74, 6) is 0. The summed E-state index contributed by atoms with van der Waals surface area (Å²) in [6.45, 7) is -1.92. The first kappa shape index (κ1) is 1.41. The number of ether oxygens (including phenoxy) is 1. The molecule has 0 fully saturated rings. The average Bonchev–Trinajstić information content (AvgIpc) is 1.77. The Bertz CT molecular complexity index is 171. The zero-order valence-corrected chi connectivity index (χ0v) is 3.14. The van der Waals surface area contributed by atoms with Gasteiger partial charge < -0.3 is 4.74 Å². The van der Waals surface area contributed by atoms with Crippen molar-refractivity contribution in [1.82, 2.24) is 0 Å². The summed E-state index contributed by atoms with van der Waals surface area (Å²) in [5.41, 5.74) is 0. The highest BCUT2D eigenvalue weighted by Crippen LogP contribution is 1.87. The van der Waals surface area contributed by atoms with Crippen LogP contribution in [0.15, 0.2) is 24.5 Å². The molecule has 0 atom stereocenters. The van der Waals surface area contributed by atoms with Crippen molar-refractivity contribution in [3.63, 3.8) is 0 Å². The van der Waals surface area contributed by atoms with Gasteiger partial charge in [-0.15, -0.1) is 0 Å². The lowest BCUT2D eigenvalue weighted by atomic mass is 10.5. The fourth-order valence-electron chi connectivity index (χ4n) is 0.229. The largest absolute Gasteiger partial charge is 0.497 e. The van der Waals surface area contributed by atoms with E-state index in [0.717, 1.165) is 0 Å². The minimum Gasteiger partial charge on any atom is -0.497 e. The standard InChI is InChI=1S/C5H6O/c1-2-4-6-5-3-1/h1-4H,5H2/i3D,5D2. The van der Waals surface area contributed by atoms with Crippen LogP contribution in [0, 0.1) is 0 Å². The molecule has 1 rings (SSSR count). The van der Waals surface area contributed by atoms with Crippen molar-refractivity contribution < 1.29 is 8.85 Å². The van der Waals surface area contributed by atoms with Crippen molar-refractivity contribution in [2.24, 2.45) is 0 Å². The van der Waals surface area contributed by atoms with E-state index in [1.807, 2.05) is 0 Å². The first-order chi connectivity index (χ1) is 4.13. The number of hydrogen-bond acceptors (Lipinski definition) is 1. The summed E-state index contributed by atoms with van der Waals surface area (Å²) >= 11 is 0. The summed E-state index contributed by atoms with van der Waals surface area (Å²) in [6.07, 6.45) is 4.09. The molecule has 0 spiro atoms. The lowest BCUT2D eigenvalue weighted by Crippen LogP contribution is -1.82. The fraction of sp³-hybridized carbons (Fsp3) is 0.200. The van der Waals surface area contributed by atoms with Gasteiger partial charge in [0.25, 0.3) is 0 Å². The molecule has 0 N–H and O–H groups in total. The maximum absolute atomic E-state index is 6.98. The molecule has 1 nitrogen and oxygen atoms in total. The van der Waals surface area contributed by atoms with Crippen LogP contribution in [0.1, 0.15) is 4.11 Å². The predicted octanol–water partition coefficient (Wildman–Crippen LogP) is 1.09. The molecule has 6 heavy (non-hydrogen) atoms. The zero-order chi connectivity index (χ0) is 6.91. The molecule has 1 heteroatoms. The second-order valence-corrected chi connectivity index (χ2v) is 0.859. The Morgan fingerprint density at radius 3 is 3.33 bits per heavy atom. The molecule has 32 valence electrons. The highest BCUT2D eigenvalue weighted by atomic mass is 16.5. The van der Waals surface area contributed by atoms with Gasteiger partial charge in [0.05, 0.1) is 10.4 Å². The average molecular weight is 85.1 g/mol. The van der Waals surface area contributed by atoms with Crippen molar-refractivity contribution in [3.05, 3.63) is 24.5 Å². The summed E-state index contributed by atoms with van der Waals surface area (Å²) in [5, 5.41) is 0. The Hall–Kier alpha value is -0.720. The van der Waals surface area contributed by atoms with Crippen LogP contribution < -0.4 is 0 Å². The van der Waals surface area contributed by atoms with E-state index in [1.165, 1.54) is 18.4 Å². The van der Waals surface area contributed by atoms with E-state index < -0.39 is 6.56 Å². The summed E-state index contributed by atoms with van der Waals surface area (Å²) in [6, 6.07) is -0.148. The first-order valence-electron chi connectivity index (χ1n) is 3.15. The topological polar surface area (TPSA) is 9.23 Å². The van der Waals surface area contributed by atoms with Crippen molar-refractivity contribution in [3.8, 4) is 0 Å². The second-order valence-electron chi connectivity index (χ2n) is 0.859. The van der Waals surface area contributed by atoms with Crippen LogP contribution in [0.25, 0.3) is 0 Å². The Morgan fingerprint density at radius 1 is 1.83 bits per heavy atom. The molecule has 1 aliphatic heterocycles. The normalized spacial score (nSPS) is 34.7. The summed E-state index contributed by atoms with van der Waals surface area (Å²) in [7, 11) is 0. The van der Waals surface area contributed by atoms with Crippen LogP contribution in [0.4, 0.5) is 0 Å². The van der Waals surface area contributed by atoms with E-state index in [2.05, 4.69) is 4.74 Å². The molecule has 1 heterocycles. The van der Waals surface area contributed by atoms with Gasteiger partial charge in [0, 0.05) is 0 Å². The quantitative estimate of drug-likeness (QED) is 0.427. The highest BCUT2D eigenvalue weighted by Gasteiger charge is 1.75. The number of hydrogen-bond donors (Lipinski definition) is 0. The fourth-order valence-corrected chi connectivity index (χ4v) is 0.229. The van der Waals surface area contributed by atoms with Gasteiger partial charge in [-0.3, -0.25) is 0 Å². The number of allylic oxidation sites excluding steroid dienone is 2. The van der Waals surface area contributed by atoms with Gasteiger partial charge >= 0.3 is 0 Å². The van der Waals surface area contributed by atoms with E-state index in [4.69, 9.17) is 4.11 Å². The van der Waals surface area contributed by atoms with E-state index in [-0.39, 0.29) is 6.05 Å². The van der Waals surface area contributed by atoms with Crippen LogP contribution in [-0.2, 0) is 4.74 Å². The first-order valence-corrected chi connectivity index (χ1v) is 1.65. The third-order valence-electron chi connectivity index (χ3n) is 0.444. The van der Waals surface area contributed by atoms with E-state index in [1.54, 1.807) is 0 Å². The summed E-state index contributed by atoms with van der Waals surface area (Å²) in [4.78, 5) is 0. The molecule has 0 aromatic rings. The third-order valence-corrected chi connectivity index (χ3v) is 0.444. The van der Waals surface area contributed by atoms with Crippen LogP contribution in [0.5, 0.6) is 0 Å². The van der Waals surface area contributed by atoms with Crippen LogP contribution in [0.3, 0.4) is 0 Å². The lowest BCUT2D eigenvalue weighted by molar-refractivity contribution is 0.286. The van der Waals surface area contributed by atoms with Gasteiger partial charge in [-0.1, -0.05) is 6.08 Å². The Morgan fingerprint density at radius 2 is 2.83 bits per heavy atom. The Labute approximate surface area is 41.1 Å². The molecule has 0 bridgehead atoms. The van der Waals surface area contributed by atoms with E-state index in [9.17, 15) is 0 Å². The Kier molecular flexibility index (Phi) is 0.388. The van der Waals surface area contributed by atoms with Gasteiger partial charge in [0.2, 0.25) is 0 Å². The van der Waals surface area contributed by atoms with Gasteiger partial charge in [-0.05, 0) is 12.1 Å². The molecule has 0 aromatic carbocycles. The molecule has 0 saturated heterocycles. The smallest absolute Gasteiger partial charge is 0.106 e. The monoisotopic (exact) mass is 85.1 g/mol. The highest BCUT2D eigenvalue weighted by molar-refractivity contribution is 5.02. The third kappa shape index (κ3) is 0.612. The molecule has 0 aliphatic carbocycles. The molecule has 0 unspecified atom stereocenters. The molecular formula is C5H6O. The van der Waals surface area contributed by atoms with Crippen molar-refractivity contribution in [2.45, 2.75) is 0 Å². The van der Waals surface area contributed by atoms with Crippen molar-refractivity contribution >= 4 is 0 Å². The molecular weight excluding hydrogens is 76.1 g/mol. The van der Waals surface area contributed by atoms with Crippen molar-refractivity contribution in [1.29, 1.82) is 0 Å². The van der Waals surface area contributed by atoms with Crippen LogP contribution in [-0.4, -0.2) is 6.56 Å². The zero-order valence-electron chi connectivity index (χ0n) is 6.14. The summed E-state index contributed by atoms with van der Waals surface area (Å²) < 4.78 is 25.4. The van der Waals surface area contributed by atoms with E-state index >= 15 is 0 Å².